The monoisotopic (exact) mass is 316 g/mol. The number of amides is 1. The normalized spacial score (nSPS) is 10.8. The fraction of sp³-hybridized carbons (Fsp3) is 0.176. The fourth-order valence-corrected chi connectivity index (χ4v) is 1.97. The Bertz CT molecular complexity index is 637. The number of hydrogen-bond acceptors (Lipinski definition) is 3. The fourth-order valence-electron chi connectivity index (χ4n) is 1.86. The summed E-state index contributed by atoms with van der Waals surface area (Å²) in [6.07, 6.45) is 5.51. The van der Waals surface area contributed by atoms with E-state index in [1.165, 1.54) is 6.08 Å². The van der Waals surface area contributed by atoms with Gasteiger partial charge in [-0.2, -0.15) is 0 Å². The van der Waals surface area contributed by atoms with Crippen molar-refractivity contribution in [1.82, 2.24) is 10.3 Å². The number of carbonyl (C=O) groups excluding carboxylic acids is 1. The van der Waals surface area contributed by atoms with Crippen molar-refractivity contribution in [2.45, 2.75) is 13.0 Å². The number of pyridine rings is 1. The van der Waals surface area contributed by atoms with Gasteiger partial charge in [0.1, 0.15) is 5.15 Å². The van der Waals surface area contributed by atoms with Crippen molar-refractivity contribution < 1.29 is 9.90 Å². The van der Waals surface area contributed by atoms with Gasteiger partial charge in [0.15, 0.2) is 0 Å². The highest BCUT2D eigenvalue weighted by atomic mass is 35.5. The van der Waals surface area contributed by atoms with Crippen LogP contribution in [-0.4, -0.2) is 22.5 Å². The third-order valence-electron chi connectivity index (χ3n) is 3.10. The van der Waals surface area contributed by atoms with Crippen LogP contribution < -0.4 is 5.32 Å². The van der Waals surface area contributed by atoms with Gasteiger partial charge in [0.05, 0.1) is 6.61 Å². The SMILES string of the molecule is O=C(/C=C/c1ccc(Cl)nc1)NCCc1ccc(CO)cc1. The van der Waals surface area contributed by atoms with E-state index in [0.717, 1.165) is 23.1 Å². The second kappa shape index (κ2) is 8.32. The molecule has 0 saturated carbocycles. The van der Waals surface area contributed by atoms with Gasteiger partial charge in [0, 0.05) is 18.8 Å². The van der Waals surface area contributed by atoms with Gasteiger partial charge < -0.3 is 10.4 Å². The highest BCUT2D eigenvalue weighted by molar-refractivity contribution is 6.29. The Labute approximate surface area is 134 Å². The van der Waals surface area contributed by atoms with E-state index in [2.05, 4.69) is 10.3 Å². The number of aliphatic hydroxyl groups is 1. The highest BCUT2D eigenvalue weighted by Gasteiger charge is 1.98. The van der Waals surface area contributed by atoms with Crippen LogP contribution in [0.2, 0.25) is 5.15 Å². The summed E-state index contributed by atoms with van der Waals surface area (Å²) >= 11 is 5.69. The van der Waals surface area contributed by atoms with Gasteiger partial charge in [0.2, 0.25) is 5.91 Å². The Kier molecular flexibility index (Phi) is 6.13. The van der Waals surface area contributed by atoms with Crippen LogP contribution in [0.15, 0.2) is 48.7 Å². The van der Waals surface area contributed by atoms with Crippen LogP contribution in [0, 0.1) is 0 Å². The molecule has 0 unspecified atom stereocenters. The molecule has 1 aromatic carbocycles. The molecular formula is C17H17ClN2O2. The molecule has 0 bridgehead atoms. The maximum Gasteiger partial charge on any atom is 0.244 e. The molecule has 0 spiro atoms. The number of benzene rings is 1. The molecule has 0 radical (unpaired) electrons. The topological polar surface area (TPSA) is 62.2 Å². The van der Waals surface area contributed by atoms with Crippen LogP contribution >= 0.6 is 11.6 Å². The minimum absolute atomic E-state index is 0.0430. The Morgan fingerprint density at radius 1 is 1.18 bits per heavy atom. The predicted octanol–water partition coefficient (Wildman–Crippen LogP) is 2.60. The van der Waals surface area contributed by atoms with Crippen LogP contribution in [0.5, 0.6) is 0 Å². The molecule has 2 rings (SSSR count). The molecule has 2 aromatic rings. The number of hydrogen-bond donors (Lipinski definition) is 2. The summed E-state index contributed by atoms with van der Waals surface area (Å²) in [5, 5.41) is 12.2. The number of nitrogens with zero attached hydrogens (tertiary/aromatic N) is 1. The Morgan fingerprint density at radius 3 is 2.55 bits per heavy atom. The van der Waals surface area contributed by atoms with Crippen molar-refractivity contribution >= 4 is 23.6 Å². The number of halogens is 1. The van der Waals surface area contributed by atoms with E-state index in [9.17, 15) is 4.79 Å². The Hall–Kier alpha value is -2.17. The summed E-state index contributed by atoms with van der Waals surface area (Å²) < 4.78 is 0. The van der Waals surface area contributed by atoms with Crippen molar-refractivity contribution in [3.8, 4) is 0 Å². The second-order valence-electron chi connectivity index (χ2n) is 4.76. The zero-order valence-corrected chi connectivity index (χ0v) is 12.8. The summed E-state index contributed by atoms with van der Waals surface area (Å²) in [4.78, 5) is 15.6. The van der Waals surface area contributed by atoms with Gasteiger partial charge in [-0.25, -0.2) is 4.98 Å². The van der Waals surface area contributed by atoms with Crippen molar-refractivity contribution in [2.75, 3.05) is 6.54 Å². The van der Waals surface area contributed by atoms with Gasteiger partial charge >= 0.3 is 0 Å². The van der Waals surface area contributed by atoms with Crippen molar-refractivity contribution in [2.24, 2.45) is 0 Å². The van der Waals surface area contributed by atoms with Gasteiger partial charge in [-0.3, -0.25) is 4.79 Å². The van der Waals surface area contributed by atoms with Crippen molar-refractivity contribution in [3.05, 3.63) is 70.5 Å². The molecule has 0 aliphatic rings. The summed E-state index contributed by atoms with van der Waals surface area (Å²) in [6.45, 7) is 0.599. The molecule has 22 heavy (non-hydrogen) atoms. The van der Waals surface area contributed by atoms with E-state index in [-0.39, 0.29) is 12.5 Å². The van der Waals surface area contributed by atoms with Crippen LogP contribution in [0.3, 0.4) is 0 Å². The smallest absolute Gasteiger partial charge is 0.244 e. The van der Waals surface area contributed by atoms with E-state index in [1.807, 2.05) is 24.3 Å². The lowest BCUT2D eigenvalue weighted by Crippen LogP contribution is -2.23. The predicted molar refractivity (Wildman–Crippen MR) is 87.4 cm³/mol. The number of rotatable bonds is 6. The van der Waals surface area contributed by atoms with E-state index < -0.39 is 0 Å². The number of aromatic nitrogens is 1. The van der Waals surface area contributed by atoms with Crippen LogP contribution in [0.4, 0.5) is 0 Å². The first-order valence-corrected chi connectivity index (χ1v) is 7.31. The molecule has 0 aliphatic carbocycles. The lowest BCUT2D eigenvalue weighted by Gasteiger charge is -2.04. The molecule has 0 aliphatic heterocycles. The van der Waals surface area contributed by atoms with Gasteiger partial charge in [-0.05, 0) is 35.3 Å². The highest BCUT2D eigenvalue weighted by Crippen LogP contribution is 2.07. The van der Waals surface area contributed by atoms with Gasteiger partial charge in [-0.15, -0.1) is 0 Å². The zero-order chi connectivity index (χ0) is 15.8. The third kappa shape index (κ3) is 5.31. The average molecular weight is 317 g/mol. The lowest BCUT2D eigenvalue weighted by atomic mass is 10.1. The molecule has 4 nitrogen and oxygen atoms in total. The molecule has 1 amide bonds. The molecule has 0 fully saturated rings. The van der Waals surface area contributed by atoms with E-state index in [4.69, 9.17) is 16.7 Å². The first kappa shape index (κ1) is 16.2. The quantitative estimate of drug-likeness (QED) is 0.636. The molecule has 2 N–H and O–H groups in total. The van der Waals surface area contributed by atoms with Crippen LogP contribution in [0.1, 0.15) is 16.7 Å². The maximum absolute atomic E-state index is 11.7. The Balaban J connectivity index is 1.76. The molecule has 5 heteroatoms. The maximum atomic E-state index is 11.7. The molecule has 1 heterocycles. The number of nitrogens with one attached hydrogen (secondary N) is 1. The lowest BCUT2D eigenvalue weighted by molar-refractivity contribution is -0.116. The Morgan fingerprint density at radius 2 is 1.91 bits per heavy atom. The van der Waals surface area contributed by atoms with Gasteiger partial charge in [-0.1, -0.05) is 41.9 Å². The summed E-state index contributed by atoms with van der Waals surface area (Å²) in [7, 11) is 0. The van der Waals surface area contributed by atoms with Gasteiger partial charge in [0.25, 0.3) is 0 Å². The first-order valence-electron chi connectivity index (χ1n) is 6.93. The van der Waals surface area contributed by atoms with E-state index in [1.54, 1.807) is 24.4 Å². The van der Waals surface area contributed by atoms with Crippen molar-refractivity contribution in [3.63, 3.8) is 0 Å². The second-order valence-corrected chi connectivity index (χ2v) is 5.15. The molecule has 1 aromatic heterocycles. The zero-order valence-electron chi connectivity index (χ0n) is 12.0. The summed E-state index contributed by atoms with van der Waals surface area (Å²) in [5.41, 5.74) is 2.81. The number of aliphatic hydroxyl groups excluding tert-OH is 1. The molecule has 0 atom stereocenters. The standard InChI is InChI=1S/C17H17ClN2O2/c18-16-7-5-14(11-20-16)6-8-17(22)19-10-9-13-1-3-15(12-21)4-2-13/h1-8,11,21H,9-10,12H2,(H,19,22)/b8-6+. The molecule has 0 saturated heterocycles. The minimum atomic E-state index is -0.151. The van der Waals surface area contributed by atoms with Crippen molar-refractivity contribution in [1.29, 1.82) is 0 Å². The molecule has 114 valence electrons. The van der Waals surface area contributed by atoms with Crippen LogP contribution in [-0.2, 0) is 17.8 Å². The molecular weight excluding hydrogens is 300 g/mol. The van der Waals surface area contributed by atoms with E-state index >= 15 is 0 Å². The summed E-state index contributed by atoms with van der Waals surface area (Å²) in [6, 6.07) is 11.1. The summed E-state index contributed by atoms with van der Waals surface area (Å²) in [5.74, 6) is -0.151. The minimum Gasteiger partial charge on any atom is -0.392 e. The van der Waals surface area contributed by atoms with Crippen LogP contribution in [0.25, 0.3) is 6.08 Å². The third-order valence-corrected chi connectivity index (χ3v) is 3.32. The number of carbonyl (C=O) groups is 1. The largest absolute Gasteiger partial charge is 0.392 e. The first-order chi connectivity index (χ1) is 10.7. The van der Waals surface area contributed by atoms with E-state index in [0.29, 0.717) is 11.7 Å². The average Bonchev–Trinajstić information content (AvgIpc) is 2.55.